The number of allylic oxidation sites excluding steroid dienone is 3. The van der Waals surface area contributed by atoms with E-state index in [-0.39, 0.29) is 36.7 Å². The van der Waals surface area contributed by atoms with Crippen molar-refractivity contribution in [3.63, 3.8) is 0 Å². The van der Waals surface area contributed by atoms with Gasteiger partial charge >= 0.3 is 0 Å². The summed E-state index contributed by atoms with van der Waals surface area (Å²) in [6.07, 6.45) is 9.39. The van der Waals surface area contributed by atoms with Crippen molar-refractivity contribution < 1.29 is 33.4 Å². The van der Waals surface area contributed by atoms with Gasteiger partial charge in [-0.1, -0.05) is 48.6 Å². The molecule has 2 aromatic carbocycles. The quantitative estimate of drug-likeness (QED) is 0.0579. The van der Waals surface area contributed by atoms with Gasteiger partial charge < -0.3 is 46.7 Å². The zero-order valence-electron chi connectivity index (χ0n) is 38.0. The van der Waals surface area contributed by atoms with Gasteiger partial charge in [0.15, 0.2) is 0 Å². The van der Waals surface area contributed by atoms with Gasteiger partial charge in [0.1, 0.15) is 24.2 Å². The van der Waals surface area contributed by atoms with E-state index in [1.54, 1.807) is 23.6 Å². The molecule has 2 aromatic rings. The largest absolute Gasteiger partial charge is 0.492 e. The van der Waals surface area contributed by atoms with Crippen molar-refractivity contribution in [2.45, 2.75) is 69.7 Å². The summed E-state index contributed by atoms with van der Waals surface area (Å²) in [4.78, 5) is 74.0. The van der Waals surface area contributed by atoms with E-state index in [0.717, 1.165) is 78.7 Å². The molecule has 8 N–H and O–H groups in total. The first-order chi connectivity index (χ1) is 32.4. The molecule has 18 heteroatoms. The van der Waals surface area contributed by atoms with Crippen LogP contribution in [0.15, 0.2) is 101 Å². The van der Waals surface area contributed by atoms with Crippen LogP contribution in [-0.2, 0) is 28.7 Å². The highest BCUT2D eigenvalue weighted by atomic mass is 32.1. The Labute approximate surface area is 397 Å². The molecule has 5 amide bonds. The predicted octanol–water partition coefficient (Wildman–Crippen LogP) is 2.07. The molecule has 6 aliphatic rings. The molecule has 0 radical (unpaired) electrons. The van der Waals surface area contributed by atoms with Crippen LogP contribution in [0.1, 0.15) is 49.7 Å². The number of ether oxygens (including phenoxy) is 2. The number of carbonyl (C=O) groups excluding carboxylic acids is 5. The van der Waals surface area contributed by atoms with Crippen molar-refractivity contribution in [3.05, 3.63) is 112 Å². The standard InChI is InChI=1S/C49H62N10O7S/c1-31-7-2-3-10-37(31)39(50)26-41(46(51)52)57-27-34-14-15-35(28-57)58(34)33-8-4-9-36(25-33)65-24-23-55-19-21-56(22-20-55)44(61)13-6-18-53-32(30-67)29-66-42-12-5-11-38-45(42)49(64)59(48(38)63)40-16-17-43(60)54-47(40)62/h2-5,7-12,25-26,30,34-35,40,42,45,53,67H,6,13-24,27-29,50-52H2,1H3,(H,54,60,62)/b32-30-,39-26-. The summed E-state index contributed by atoms with van der Waals surface area (Å²) in [7, 11) is 0. The van der Waals surface area contributed by atoms with Gasteiger partial charge in [0.2, 0.25) is 23.6 Å². The van der Waals surface area contributed by atoms with Crippen LogP contribution in [0.3, 0.4) is 0 Å². The normalized spacial score (nSPS) is 24.4. The fourth-order valence-electron chi connectivity index (χ4n) is 10.1. The van der Waals surface area contributed by atoms with Crippen molar-refractivity contribution in [3.8, 4) is 5.75 Å². The zero-order valence-corrected chi connectivity index (χ0v) is 38.9. The number of amides is 5. The monoisotopic (exact) mass is 934 g/mol. The van der Waals surface area contributed by atoms with E-state index in [2.05, 4.69) is 56.2 Å². The van der Waals surface area contributed by atoms with Crippen LogP contribution in [0.25, 0.3) is 5.70 Å². The lowest BCUT2D eigenvalue weighted by Gasteiger charge is -2.44. The Kier molecular flexibility index (Phi) is 14.9. The van der Waals surface area contributed by atoms with Crippen molar-refractivity contribution in [1.29, 1.82) is 0 Å². The van der Waals surface area contributed by atoms with Gasteiger partial charge in [-0.15, -0.1) is 12.6 Å². The lowest BCUT2D eigenvalue weighted by Crippen LogP contribution is -2.54. The molecular weight excluding hydrogens is 873 g/mol. The van der Waals surface area contributed by atoms with Gasteiger partial charge in [-0.25, -0.2) is 0 Å². The van der Waals surface area contributed by atoms with E-state index in [1.807, 2.05) is 48.2 Å². The molecule has 5 saturated heterocycles. The van der Waals surface area contributed by atoms with E-state index in [9.17, 15) is 24.0 Å². The third kappa shape index (κ3) is 10.7. The highest BCUT2D eigenvalue weighted by Crippen LogP contribution is 2.38. The number of fused-ring (bicyclic) bond motifs is 3. The Morgan fingerprint density at radius 2 is 1.72 bits per heavy atom. The Hall–Kier alpha value is -6.24. The molecule has 356 valence electrons. The smallest absolute Gasteiger partial charge is 0.258 e. The number of piperidine rings is 1. The Morgan fingerprint density at radius 3 is 2.43 bits per heavy atom. The summed E-state index contributed by atoms with van der Waals surface area (Å²) >= 11 is 4.33. The van der Waals surface area contributed by atoms with Crippen molar-refractivity contribution in [2.24, 2.45) is 23.1 Å². The number of aryl methyl sites for hydroxylation is 1. The van der Waals surface area contributed by atoms with Gasteiger partial charge in [-0.2, -0.15) is 0 Å². The number of anilines is 1. The Balaban J connectivity index is 0.728. The van der Waals surface area contributed by atoms with E-state index >= 15 is 0 Å². The maximum absolute atomic E-state index is 13.5. The molecule has 5 aliphatic heterocycles. The zero-order chi connectivity index (χ0) is 47.2. The number of piperazine rings is 2. The van der Waals surface area contributed by atoms with E-state index < -0.39 is 41.7 Å². The molecule has 0 saturated carbocycles. The molecule has 17 nitrogen and oxygen atoms in total. The van der Waals surface area contributed by atoms with Gasteiger partial charge in [0, 0.05) is 112 Å². The average molecular weight is 935 g/mol. The van der Waals surface area contributed by atoms with Crippen molar-refractivity contribution in [2.75, 3.05) is 70.5 Å². The molecule has 8 rings (SSSR count). The minimum absolute atomic E-state index is 0.0494. The molecule has 67 heavy (non-hydrogen) atoms. The maximum atomic E-state index is 13.5. The van der Waals surface area contributed by atoms with Crippen LogP contribution in [0.2, 0.25) is 0 Å². The molecule has 0 spiro atoms. The van der Waals surface area contributed by atoms with Crippen molar-refractivity contribution in [1.82, 2.24) is 30.2 Å². The summed E-state index contributed by atoms with van der Waals surface area (Å²) in [5.74, 6) is -1.84. The number of imide groups is 2. The maximum Gasteiger partial charge on any atom is 0.258 e. The Morgan fingerprint density at radius 1 is 0.955 bits per heavy atom. The van der Waals surface area contributed by atoms with Gasteiger partial charge in [-0.3, -0.25) is 39.1 Å². The molecule has 5 fully saturated rings. The first kappa shape index (κ1) is 47.3. The topological polar surface area (TPSA) is 222 Å². The first-order valence-electron chi connectivity index (χ1n) is 23.2. The fraction of sp³-hybridized carbons (Fsp3) is 0.449. The van der Waals surface area contributed by atoms with Gasteiger partial charge in [0.05, 0.1) is 24.3 Å². The SMILES string of the molecule is Cc1ccccc1/C(N)=C/C(=C(N)N)N1CC2CCC(C1)N2c1cccc(OCCN2CCN(C(=O)CCCN/C(=C\S)COC3C=CC=C4C(=O)N(C5CCC(=O)NC5=O)C(=O)C43)CC2)c1. The van der Waals surface area contributed by atoms with E-state index in [0.29, 0.717) is 62.6 Å². The van der Waals surface area contributed by atoms with Crippen LogP contribution < -0.4 is 37.5 Å². The molecule has 5 unspecified atom stereocenters. The first-order valence-corrected chi connectivity index (χ1v) is 23.7. The number of carbonyl (C=O) groups is 5. The summed E-state index contributed by atoms with van der Waals surface area (Å²) in [5.41, 5.74) is 24.6. The summed E-state index contributed by atoms with van der Waals surface area (Å²) in [6.45, 7) is 8.36. The van der Waals surface area contributed by atoms with Crippen LogP contribution in [-0.4, -0.2) is 139 Å². The van der Waals surface area contributed by atoms with Crippen LogP contribution in [0.4, 0.5) is 5.69 Å². The molecule has 2 bridgehead atoms. The minimum atomic E-state index is -1.03. The van der Waals surface area contributed by atoms with Crippen molar-refractivity contribution >= 4 is 53.5 Å². The number of hydrogen-bond donors (Lipinski definition) is 6. The molecule has 0 aromatic heterocycles. The number of thiol groups is 1. The van der Waals surface area contributed by atoms with E-state index in [4.69, 9.17) is 26.7 Å². The highest BCUT2D eigenvalue weighted by molar-refractivity contribution is 7.83. The lowest BCUT2D eigenvalue weighted by atomic mass is 9.91. The number of rotatable bonds is 17. The van der Waals surface area contributed by atoms with E-state index in [1.165, 1.54) is 0 Å². The highest BCUT2D eigenvalue weighted by Gasteiger charge is 2.52. The summed E-state index contributed by atoms with van der Waals surface area (Å²) < 4.78 is 12.4. The van der Waals surface area contributed by atoms with Gasteiger partial charge in [-0.05, 0) is 61.8 Å². The Bertz CT molecular complexity index is 2370. The lowest BCUT2D eigenvalue weighted by molar-refractivity contribution is -0.151. The van der Waals surface area contributed by atoms with Gasteiger partial charge in [0.25, 0.3) is 5.91 Å². The molecule has 1 aliphatic carbocycles. The predicted molar refractivity (Wildman–Crippen MR) is 257 cm³/mol. The second-order valence-corrected chi connectivity index (χ2v) is 18.2. The second kappa shape index (κ2) is 21.2. The number of nitrogens with zero attached hydrogens (tertiary/aromatic N) is 5. The number of benzene rings is 2. The fourth-order valence-corrected chi connectivity index (χ4v) is 10.3. The van der Waals surface area contributed by atoms with Crippen LogP contribution >= 0.6 is 12.6 Å². The van der Waals surface area contributed by atoms with Crippen LogP contribution in [0.5, 0.6) is 5.75 Å². The summed E-state index contributed by atoms with van der Waals surface area (Å²) in [6, 6.07) is 15.9. The number of hydrogen-bond acceptors (Lipinski definition) is 15. The second-order valence-electron chi connectivity index (χ2n) is 17.9. The van der Waals surface area contributed by atoms with Crippen LogP contribution in [0, 0.1) is 12.8 Å². The number of likely N-dealkylation sites (tertiary alicyclic amines) is 2. The molecular formula is C49H62N10O7S. The minimum Gasteiger partial charge on any atom is -0.492 e. The third-order valence-electron chi connectivity index (χ3n) is 13.6. The number of nitrogens with one attached hydrogen (secondary N) is 2. The average Bonchev–Trinajstić information content (AvgIpc) is 3.74. The molecule has 5 atom stereocenters. The molecule has 5 heterocycles. The third-order valence-corrected chi connectivity index (χ3v) is 13.9. The summed E-state index contributed by atoms with van der Waals surface area (Å²) in [5, 5.41) is 7.07. The number of nitrogens with two attached hydrogens (primary N) is 3.